The smallest absolute Gasteiger partial charge is 0.431 e. The summed E-state index contributed by atoms with van der Waals surface area (Å²) in [4.78, 5) is 11.8. The van der Waals surface area contributed by atoms with Crippen molar-refractivity contribution in [3.05, 3.63) is 23.4 Å². The number of halogens is 3. The van der Waals surface area contributed by atoms with Crippen molar-refractivity contribution in [2.24, 2.45) is 0 Å². The number of carbonyl (C=O) groups is 1. The van der Waals surface area contributed by atoms with Crippen molar-refractivity contribution in [3.63, 3.8) is 0 Å². The summed E-state index contributed by atoms with van der Waals surface area (Å²) < 4.78 is 50.8. The highest BCUT2D eigenvalue weighted by Gasteiger charge is 2.36. The zero-order valence-electron chi connectivity index (χ0n) is 12.7. The molecule has 0 bridgehead atoms. The van der Waals surface area contributed by atoms with Gasteiger partial charge in [-0.3, -0.25) is 4.40 Å². The number of carbonyl (C=O) groups excluding carboxylic acids is 1. The third-order valence-corrected chi connectivity index (χ3v) is 4.94. The molecule has 0 aromatic carbocycles. The standard InChI is InChI=1S/C14H14F3N3O3S/c1-22-12(21)9-2-3-10(14(15,16)17)20-11(9)18-19-13(20)24-8-4-6-23-7-5-8/h2-3,8H,4-7H2,1H3. The fourth-order valence-corrected chi connectivity index (χ4v) is 3.59. The van der Waals surface area contributed by atoms with Gasteiger partial charge in [0, 0.05) is 18.5 Å². The zero-order valence-corrected chi connectivity index (χ0v) is 13.5. The molecule has 2 aromatic heterocycles. The van der Waals surface area contributed by atoms with Gasteiger partial charge in [-0.2, -0.15) is 13.2 Å². The Bertz CT molecular complexity index is 757. The van der Waals surface area contributed by atoms with Crippen molar-refractivity contribution in [1.29, 1.82) is 0 Å². The highest BCUT2D eigenvalue weighted by molar-refractivity contribution is 7.99. The number of rotatable bonds is 3. The van der Waals surface area contributed by atoms with Crippen LogP contribution in [0.1, 0.15) is 28.9 Å². The normalized spacial score (nSPS) is 16.5. The Hall–Kier alpha value is -1.81. The number of aromatic nitrogens is 3. The molecule has 10 heteroatoms. The fraction of sp³-hybridized carbons (Fsp3) is 0.500. The monoisotopic (exact) mass is 361 g/mol. The van der Waals surface area contributed by atoms with Crippen LogP contribution in [0.5, 0.6) is 0 Å². The van der Waals surface area contributed by atoms with Crippen molar-refractivity contribution in [1.82, 2.24) is 14.6 Å². The molecule has 2 aromatic rings. The predicted octanol–water partition coefficient (Wildman–Crippen LogP) is 2.81. The van der Waals surface area contributed by atoms with Gasteiger partial charge in [0.1, 0.15) is 11.3 Å². The predicted molar refractivity (Wildman–Crippen MR) is 79.0 cm³/mol. The van der Waals surface area contributed by atoms with E-state index >= 15 is 0 Å². The molecule has 1 fully saturated rings. The average Bonchev–Trinajstić information content (AvgIpc) is 2.97. The van der Waals surface area contributed by atoms with E-state index in [1.807, 2.05) is 0 Å². The molecule has 130 valence electrons. The maximum atomic E-state index is 13.3. The van der Waals surface area contributed by atoms with Gasteiger partial charge in [-0.25, -0.2) is 4.79 Å². The van der Waals surface area contributed by atoms with Crippen LogP contribution < -0.4 is 0 Å². The number of nitrogens with zero attached hydrogens (tertiary/aromatic N) is 3. The number of ether oxygens (including phenoxy) is 2. The van der Waals surface area contributed by atoms with Crippen LogP contribution in [0.15, 0.2) is 17.3 Å². The van der Waals surface area contributed by atoms with Crippen LogP contribution in [-0.2, 0) is 15.7 Å². The van der Waals surface area contributed by atoms with Crippen LogP contribution in [-0.4, -0.2) is 46.1 Å². The molecule has 1 aliphatic rings. The minimum absolute atomic E-state index is 0.0585. The van der Waals surface area contributed by atoms with Crippen molar-refractivity contribution >= 4 is 23.4 Å². The molecular weight excluding hydrogens is 347 g/mol. The number of thioether (sulfide) groups is 1. The van der Waals surface area contributed by atoms with E-state index in [1.165, 1.54) is 11.8 Å². The van der Waals surface area contributed by atoms with Gasteiger partial charge in [0.25, 0.3) is 0 Å². The molecule has 1 saturated heterocycles. The van der Waals surface area contributed by atoms with Gasteiger partial charge in [-0.1, -0.05) is 11.8 Å². The lowest BCUT2D eigenvalue weighted by Crippen LogP contribution is -2.19. The third kappa shape index (κ3) is 3.20. The second kappa shape index (κ2) is 6.60. The minimum Gasteiger partial charge on any atom is -0.465 e. The van der Waals surface area contributed by atoms with Gasteiger partial charge >= 0.3 is 12.1 Å². The quantitative estimate of drug-likeness (QED) is 0.784. The summed E-state index contributed by atoms with van der Waals surface area (Å²) in [5, 5.41) is 7.85. The van der Waals surface area contributed by atoms with E-state index in [9.17, 15) is 18.0 Å². The highest BCUT2D eigenvalue weighted by atomic mass is 32.2. The lowest BCUT2D eigenvalue weighted by atomic mass is 10.2. The third-order valence-electron chi connectivity index (χ3n) is 3.66. The first-order chi connectivity index (χ1) is 11.4. The van der Waals surface area contributed by atoms with E-state index in [0.717, 1.165) is 36.5 Å². The number of alkyl halides is 3. The van der Waals surface area contributed by atoms with Crippen molar-refractivity contribution < 1.29 is 27.4 Å². The maximum absolute atomic E-state index is 13.3. The Morgan fingerprint density at radius 1 is 1.33 bits per heavy atom. The first-order valence-electron chi connectivity index (χ1n) is 7.20. The lowest BCUT2D eigenvalue weighted by Gasteiger charge is -2.21. The first-order valence-corrected chi connectivity index (χ1v) is 8.08. The topological polar surface area (TPSA) is 65.7 Å². The molecule has 0 N–H and O–H groups in total. The van der Waals surface area contributed by atoms with Crippen LogP contribution in [0.25, 0.3) is 5.65 Å². The molecule has 0 spiro atoms. The van der Waals surface area contributed by atoms with E-state index in [1.54, 1.807) is 0 Å². The van der Waals surface area contributed by atoms with Gasteiger partial charge in [0.15, 0.2) is 10.8 Å². The molecule has 0 unspecified atom stereocenters. The van der Waals surface area contributed by atoms with Crippen LogP contribution in [0.2, 0.25) is 0 Å². The van der Waals surface area contributed by atoms with Gasteiger partial charge in [-0.05, 0) is 25.0 Å². The van der Waals surface area contributed by atoms with E-state index < -0.39 is 17.8 Å². The van der Waals surface area contributed by atoms with E-state index in [4.69, 9.17) is 4.74 Å². The Kier molecular flexibility index (Phi) is 4.68. The second-order valence-corrected chi connectivity index (χ2v) is 6.46. The molecule has 0 aliphatic carbocycles. The van der Waals surface area contributed by atoms with Crippen molar-refractivity contribution in [2.45, 2.75) is 29.4 Å². The molecule has 0 amide bonds. The number of hydrogen-bond acceptors (Lipinski definition) is 6. The Balaban J connectivity index is 2.10. The molecule has 0 saturated carbocycles. The molecule has 24 heavy (non-hydrogen) atoms. The summed E-state index contributed by atoms with van der Waals surface area (Å²) in [7, 11) is 1.16. The summed E-state index contributed by atoms with van der Waals surface area (Å²) in [6.07, 6.45) is -3.16. The summed E-state index contributed by atoms with van der Waals surface area (Å²) in [5.74, 6) is -0.760. The molecule has 3 rings (SSSR count). The summed E-state index contributed by atoms with van der Waals surface area (Å²) in [6, 6.07) is 1.90. The van der Waals surface area contributed by atoms with Gasteiger partial charge in [0.2, 0.25) is 0 Å². The molecule has 0 radical (unpaired) electrons. The Labute approximate surface area is 139 Å². The fourth-order valence-electron chi connectivity index (χ4n) is 2.48. The largest absolute Gasteiger partial charge is 0.465 e. The SMILES string of the molecule is COC(=O)c1ccc(C(F)(F)F)n2c(SC3CCOCC3)nnc12. The molecule has 6 nitrogen and oxygen atoms in total. The van der Waals surface area contributed by atoms with Gasteiger partial charge in [0.05, 0.1) is 7.11 Å². The summed E-state index contributed by atoms with van der Waals surface area (Å²) >= 11 is 1.22. The lowest BCUT2D eigenvalue weighted by molar-refractivity contribution is -0.142. The Morgan fingerprint density at radius 2 is 2.04 bits per heavy atom. The molecule has 1 aliphatic heterocycles. The zero-order chi connectivity index (χ0) is 17.3. The number of fused-ring (bicyclic) bond motifs is 1. The van der Waals surface area contributed by atoms with E-state index in [2.05, 4.69) is 14.9 Å². The Morgan fingerprint density at radius 3 is 2.67 bits per heavy atom. The van der Waals surface area contributed by atoms with Gasteiger partial charge in [-0.15, -0.1) is 10.2 Å². The van der Waals surface area contributed by atoms with Crippen LogP contribution in [0.4, 0.5) is 13.2 Å². The molecule has 0 atom stereocenters. The number of hydrogen-bond donors (Lipinski definition) is 0. The highest BCUT2D eigenvalue weighted by Crippen LogP contribution is 2.35. The second-order valence-electron chi connectivity index (χ2n) is 5.19. The summed E-state index contributed by atoms with van der Waals surface area (Å²) in [6.45, 7) is 1.13. The van der Waals surface area contributed by atoms with Crippen LogP contribution >= 0.6 is 11.8 Å². The number of esters is 1. The summed E-state index contributed by atoms with van der Waals surface area (Å²) in [5.41, 5.74) is -1.15. The maximum Gasteiger partial charge on any atom is 0.431 e. The first kappa shape index (κ1) is 17.0. The van der Waals surface area contributed by atoms with E-state index in [0.29, 0.717) is 13.2 Å². The average molecular weight is 361 g/mol. The number of pyridine rings is 1. The van der Waals surface area contributed by atoms with Crippen LogP contribution in [0, 0.1) is 0 Å². The van der Waals surface area contributed by atoms with Gasteiger partial charge < -0.3 is 9.47 Å². The van der Waals surface area contributed by atoms with Crippen molar-refractivity contribution in [2.75, 3.05) is 20.3 Å². The van der Waals surface area contributed by atoms with E-state index in [-0.39, 0.29) is 21.6 Å². The minimum atomic E-state index is -4.60. The van der Waals surface area contributed by atoms with Crippen molar-refractivity contribution in [3.8, 4) is 0 Å². The molecule has 3 heterocycles. The van der Waals surface area contributed by atoms with Crippen LogP contribution in [0.3, 0.4) is 0 Å². The number of methoxy groups -OCH3 is 1. The molecular formula is C14H14F3N3O3S.